The van der Waals surface area contributed by atoms with E-state index in [1.165, 1.54) is 4.90 Å². The third-order valence-corrected chi connectivity index (χ3v) is 2.76. The van der Waals surface area contributed by atoms with Gasteiger partial charge >= 0.3 is 0 Å². The molecule has 1 aliphatic rings. The van der Waals surface area contributed by atoms with Crippen molar-refractivity contribution in [3.8, 4) is 0 Å². The summed E-state index contributed by atoms with van der Waals surface area (Å²) in [4.78, 5) is 24.4. The third-order valence-electron chi connectivity index (χ3n) is 2.76. The van der Waals surface area contributed by atoms with Crippen LogP contribution >= 0.6 is 0 Å². The molecule has 1 aromatic carbocycles. The molecule has 0 radical (unpaired) electrons. The first-order chi connectivity index (χ1) is 7.20. The molecule has 1 aromatic rings. The summed E-state index contributed by atoms with van der Waals surface area (Å²) in [6.45, 7) is 1.89. The van der Waals surface area contributed by atoms with Gasteiger partial charge in [-0.2, -0.15) is 0 Å². The number of rotatable bonds is 2. The highest BCUT2D eigenvalue weighted by atomic mass is 16.2. The second kappa shape index (κ2) is 3.85. The van der Waals surface area contributed by atoms with Crippen molar-refractivity contribution in [1.29, 1.82) is 0 Å². The van der Waals surface area contributed by atoms with Gasteiger partial charge in [-0.05, 0) is 12.5 Å². The quantitative estimate of drug-likeness (QED) is 0.688. The number of amides is 2. The van der Waals surface area contributed by atoms with Crippen LogP contribution in [0.3, 0.4) is 0 Å². The number of hydrogen-bond donors (Lipinski definition) is 0. The second-order valence-corrected chi connectivity index (χ2v) is 3.74. The lowest BCUT2D eigenvalue weighted by Crippen LogP contribution is -2.31. The van der Waals surface area contributed by atoms with Crippen LogP contribution in [0.1, 0.15) is 31.4 Å². The molecule has 3 heteroatoms. The summed E-state index contributed by atoms with van der Waals surface area (Å²) in [5, 5.41) is 0. The number of nitrogens with zero attached hydrogens (tertiary/aromatic N) is 1. The lowest BCUT2D eigenvalue weighted by atomic mass is 10.1. The molecule has 0 saturated carbocycles. The Labute approximate surface area is 88.7 Å². The minimum absolute atomic E-state index is 0.0589. The zero-order chi connectivity index (χ0) is 10.8. The molecule has 2 rings (SSSR count). The topological polar surface area (TPSA) is 37.4 Å². The van der Waals surface area contributed by atoms with Crippen molar-refractivity contribution in [2.75, 3.05) is 0 Å². The number of benzene rings is 1. The average molecular weight is 203 g/mol. The van der Waals surface area contributed by atoms with E-state index in [0.29, 0.717) is 12.8 Å². The van der Waals surface area contributed by atoms with Gasteiger partial charge in [0.2, 0.25) is 11.8 Å². The van der Waals surface area contributed by atoms with E-state index in [0.717, 1.165) is 5.56 Å². The molecule has 0 aromatic heterocycles. The molecule has 0 N–H and O–H groups in total. The Morgan fingerprint density at radius 2 is 1.60 bits per heavy atom. The Kier molecular flexibility index (Phi) is 2.54. The van der Waals surface area contributed by atoms with Crippen LogP contribution in [0.25, 0.3) is 0 Å². The monoisotopic (exact) mass is 203 g/mol. The van der Waals surface area contributed by atoms with Crippen LogP contribution in [0.15, 0.2) is 30.3 Å². The second-order valence-electron chi connectivity index (χ2n) is 3.74. The standard InChI is InChI=1S/C12H13NO2/c1-9(10-5-3-2-4-6-10)13-11(14)7-8-12(13)15/h2-6,9H,7-8H2,1H3/t9-/m1/s1. The third kappa shape index (κ3) is 1.77. The van der Waals surface area contributed by atoms with Crippen LogP contribution < -0.4 is 0 Å². The predicted molar refractivity (Wildman–Crippen MR) is 55.9 cm³/mol. The number of imide groups is 1. The van der Waals surface area contributed by atoms with Gasteiger partial charge in [0.1, 0.15) is 0 Å². The Bertz CT molecular complexity index is 370. The zero-order valence-electron chi connectivity index (χ0n) is 8.64. The maximum absolute atomic E-state index is 11.5. The first-order valence-corrected chi connectivity index (χ1v) is 5.10. The first-order valence-electron chi connectivity index (χ1n) is 5.10. The van der Waals surface area contributed by atoms with E-state index in [9.17, 15) is 9.59 Å². The summed E-state index contributed by atoms with van der Waals surface area (Å²) in [6, 6.07) is 9.47. The van der Waals surface area contributed by atoms with Crippen molar-refractivity contribution >= 4 is 11.8 Å². The number of likely N-dealkylation sites (tertiary alicyclic amines) is 1. The highest BCUT2D eigenvalue weighted by Crippen LogP contribution is 2.25. The number of carbonyl (C=O) groups is 2. The van der Waals surface area contributed by atoms with E-state index in [1.807, 2.05) is 37.3 Å². The fourth-order valence-electron chi connectivity index (χ4n) is 1.91. The first kappa shape index (κ1) is 9.90. The van der Waals surface area contributed by atoms with E-state index in [2.05, 4.69) is 0 Å². The van der Waals surface area contributed by atoms with E-state index >= 15 is 0 Å². The van der Waals surface area contributed by atoms with Crippen LogP contribution in [-0.4, -0.2) is 16.7 Å². The Morgan fingerprint density at radius 3 is 2.13 bits per heavy atom. The maximum atomic E-state index is 11.5. The number of carbonyl (C=O) groups excluding carboxylic acids is 2. The normalized spacial score (nSPS) is 18.3. The van der Waals surface area contributed by atoms with Crippen molar-refractivity contribution in [2.24, 2.45) is 0 Å². The van der Waals surface area contributed by atoms with Gasteiger partial charge in [0.25, 0.3) is 0 Å². The predicted octanol–water partition coefficient (Wildman–Crippen LogP) is 1.90. The summed E-state index contributed by atoms with van der Waals surface area (Å²) < 4.78 is 0. The molecule has 0 unspecified atom stereocenters. The van der Waals surface area contributed by atoms with Crippen LogP contribution in [0.4, 0.5) is 0 Å². The molecule has 78 valence electrons. The maximum Gasteiger partial charge on any atom is 0.230 e. The zero-order valence-corrected chi connectivity index (χ0v) is 8.64. The molecule has 1 aliphatic heterocycles. The SMILES string of the molecule is C[C@H](c1ccccc1)N1C(=O)CCC1=O. The number of hydrogen-bond acceptors (Lipinski definition) is 2. The molecular weight excluding hydrogens is 190 g/mol. The van der Waals surface area contributed by atoms with Crippen LogP contribution in [0.5, 0.6) is 0 Å². The van der Waals surface area contributed by atoms with Gasteiger partial charge in [-0.25, -0.2) is 0 Å². The van der Waals surface area contributed by atoms with Crippen molar-refractivity contribution in [3.05, 3.63) is 35.9 Å². The Hall–Kier alpha value is -1.64. The summed E-state index contributed by atoms with van der Waals surface area (Å²) in [5.41, 5.74) is 1.00. The fraction of sp³-hybridized carbons (Fsp3) is 0.333. The highest BCUT2D eigenvalue weighted by molar-refractivity contribution is 6.02. The van der Waals surface area contributed by atoms with Crippen molar-refractivity contribution in [2.45, 2.75) is 25.8 Å². The fourth-order valence-corrected chi connectivity index (χ4v) is 1.91. The minimum atomic E-state index is -0.145. The van der Waals surface area contributed by atoms with Gasteiger partial charge < -0.3 is 0 Å². The lowest BCUT2D eigenvalue weighted by Gasteiger charge is -2.22. The van der Waals surface area contributed by atoms with Crippen LogP contribution in [-0.2, 0) is 9.59 Å². The molecule has 0 bridgehead atoms. The summed E-state index contributed by atoms with van der Waals surface area (Å²) in [7, 11) is 0. The molecule has 0 aliphatic carbocycles. The van der Waals surface area contributed by atoms with Crippen molar-refractivity contribution in [1.82, 2.24) is 4.90 Å². The Morgan fingerprint density at radius 1 is 1.07 bits per heavy atom. The lowest BCUT2D eigenvalue weighted by molar-refractivity contribution is -0.140. The van der Waals surface area contributed by atoms with E-state index in [4.69, 9.17) is 0 Å². The highest BCUT2D eigenvalue weighted by Gasteiger charge is 2.33. The molecule has 1 saturated heterocycles. The van der Waals surface area contributed by atoms with Gasteiger partial charge in [0.05, 0.1) is 6.04 Å². The van der Waals surface area contributed by atoms with Gasteiger partial charge in [0, 0.05) is 12.8 Å². The van der Waals surface area contributed by atoms with Gasteiger partial charge in [0.15, 0.2) is 0 Å². The summed E-state index contributed by atoms with van der Waals surface area (Å²) >= 11 is 0. The molecule has 3 nitrogen and oxygen atoms in total. The van der Waals surface area contributed by atoms with Gasteiger partial charge in [-0.15, -0.1) is 0 Å². The van der Waals surface area contributed by atoms with Gasteiger partial charge in [-0.3, -0.25) is 14.5 Å². The molecule has 0 spiro atoms. The van der Waals surface area contributed by atoms with Crippen LogP contribution in [0.2, 0.25) is 0 Å². The molecule has 15 heavy (non-hydrogen) atoms. The van der Waals surface area contributed by atoms with E-state index in [1.54, 1.807) is 0 Å². The Balaban J connectivity index is 2.24. The largest absolute Gasteiger partial charge is 0.275 e. The summed E-state index contributed by atoms with van der Waals surface area (Å²) in [6.07, 6.45) is 0.714. The van der Waals surface area contributed by atoms with Gasteiger partial charge in [-0.1, -0.05) is 30.3 Å². The molecular formula is C12H13NO2. The smallest absolute Gasteiger partial charge is 0.230 e. The molecule has 1 heterocycles. The van der Waals surface area contributed by atoms with E-state index in [-0.39, 0.29) is 17.9 Å². The van der Waals surface area contributed by atoms with E-state index < -0.39 is 0 Å². The van der Waals surface area contributed by atoms with Crippen LogP contribution in [0, 0.1) is 0 Å². The molecule has 1 fully saturated rings. The van der Waals surface area contributed by atoms with Crippen molar-refractivity contribution < 1.29 is 9.59 Å². The minimum Gasteiger partial charge on any atom is -0.275 e. The molecule has 1 atom stereocenters. The van der Waals surface area contributed by atoms with Crippen molar-refractivity contribution in [3.63, 3.8) is 0 Å². The molecule has 2 amide bonds. The average Bonchev–Trinajstić information content (AvgIpc) is 2.59. The summed E-state index contributed by atoms with van der Waals surface area (Å²) in [5.74, 6) is -0.118.